The van der Waals surface area contributed by atoms with Gasteiger partial charge in [0.2, 0.25) is 0 Å². The fraction of sp³-hybridized carbons (Fsp3) is 0.467. The van der Waals surface area contributed by atoms with Gasteiger partial charge < -0.3 is 5.32 Å². The molecule has 0 saturated heterocycles. The van der Waals surface area contributed by atoms with Crippen LogP contribution in [0.15, 0.2) is 36.8 Å². The van der Waals surface area contributed by atoms with Crippen molar-refractivity contribution in [1.29, 1.82) is 0 Å². The normalized spacial score (nSPS) is 12.5. The van der Waals surface area contributed by atoms with Crippen molar-refractivity contribution in [2.45, 2.75) is 32.2 Å². The summed E-state index contributed by atoms with van der Waals surface area (Å²) in [5.74, 6) is 0. The standard InChI is InChI=1S/C15H22N4/c1-3-17-14(12-15-8-11-19(2)18-15)5-4-13-6-9-16-10-7-13/h6-11,14,17H,3-5,12H2,1-2H3. The Hall–Kier alpha value is -1.68. The summed E-state index contributed by atoms with van der Waals surface area (Å²) in [6.07, 6.45) is 8.90. The highest BCUT2D eigenvalue weighted by molar-refractivity contribution is 5.10. The van der Waals surface area contributed by atoms with Crippen LogP contribution < -0.4 is 5.32 Å². The van der Waals surface area contributed by atoms with E-state index in [9.17, 15) is 0 Å². The van der Waals surface area contributed by atoms with Crippen molar-refractivity contribution < 1.29 is 0 Å². The van der Waals surface area contributed by atoms with Gasteiger partial charge in [-0.15, -0.1) is 0 Å². The quantitative estimate of drug-likeness (QED) is 0.825. The first-order valence-corrected chi connectivity index (χ1v) is 6.88. The first kappa shape index (κ1) is 13.7. The molecule has 0 aliphatic rings. The Morgan fingerprint density at radius 2 is 2.05 bits per heavy atom. The second-order valence-corrected chi connectivity index (χ2v) is 4.83. The van der Waals surface area contributed by atoms with Gasteiger partial charge in [0.05, 0.1) is 5.69 Å². The van der Waals surface area contributed by atoms with Crippen LogP contribution in [0.2, 0.25) is 0 Å². The molecular formula is C15H22N4. The molecule has 19 heavy (non-hydrogen) atoms. The van der Waals surface area contributed by atoms with Crippen LogP contribution in [-0.2, 0) is 19.9 Å². The van der Waals surface area contributed by atoms with Crippen LogP contribution in [0.4, 0.5) is 0 Å². The van der Waals surface area contributed by atoms with E-state index in [4.69, 9.17) is 0 Å². The van der Waals surface area contributed by atoms with Crippen molar-refractivity contribution in [3.63, 3.8) is 0 Å². The third-order valence-electron chi connectivity index (χ3n) is 3.25. The van der Waals surface area contributed by atoms with E-state index in [2.05, 4.69) is 40.5 Å². The van der Waals surface area contributed by atoms with Crippen molar-refractivity contribution in [2.75, 3.05) is 6.54 Å². The molecule has 0 saturated carbocycles. The molecule has 4 heteroatoms. The molecule has 0 aromatic carbocycles. The van der Waals surface area contributed by atoms with Crippen molar-refractivity contribution in [3.8, 4) is 0 Å². The highest BCUT2D eigenvalue weighted by atomic mass is 15.2. The fourth-order valence-electron chi connectivity index (χ4n) is 2.28. The molecular weight excluding hydrogens is 236 g/mol. The number of aryl methyl sites for hydroxylation is 2. The Morgan fingerprint density at radius 3 is 2.68 bits per heavy atom. The highest BCUT2D eigenvalue weighted by Crippen LogP contribution is 2.08. The summed E-state index contributed by atoms with van der Waals surface area (Å²) in [4.78, 5) is 4.05. The Labute approximate surface area is 114 Å². The molecule has 2 aromatic rings. The predicted octanol–water partition coefficient (Wildman–Crippen LogP) is 1.97. The van der Waals surface area contributed by atoms with Crippen molar-refractivity contribution in [2.24, 2.45) is 7.05 Å². The first-order valence-electron chi connectivity index (χ1n) is 6.88. The van der Waals surface area contributed by atoms with E-state index in [-0.39, 0.29) is 0 Å². The average molecular weight is 258 g/mol. The summed E-state index contributed by atoms with van der Waals surface area (Å²) in [6, 6.07) is 6.75. The fourth-order valence-corrected chi connectivity index (χ4v) is 2.28. The zero-order chi connectivity index (χ0) is 13.5. The Morgan fingerprint density at radius 1 is 1.26 bits per heavy atom. The summed E-state index contributed by atoms with van der Waals surface area (Å²) in [6.45, 7) is 3.14. The highest BCUT2D eigenvalue weighted by Gasteiger charge is 2.10. The van der Waals surface area contributed by atoms with Crippen LogP contribution in [0, 0.1) is 0 Å². The van der Waals surface area contributed by atoms with Gasteiger partial charge in [0.15, 0.2) is 0 Å². The lowest BCUT2D eigenvalue weighted by molar-refractivity contribution is 0.484. The molecule has 0 radical (unpaired) electrons. The SMILES string of the molecule is CCNC(CCc1ccncc1)Cc1ccn(C)n1. The van der Waals surface area contributed by atoms with Gasteiger partial charge in [0.25, 0.3) is 0 Å². The smallest absolute Gasteiger partial charge is 0.0640 e. The number of rotatable bonds is 7. The van der Waals surface area contributed by atoms with Gasteiger partial charge in [-0.25, -0.2) is 0 Å². The van der Waals surface area contributed by atoms with Crippen molar-refractivity contribution >= 4 is 0 Å². The van der Waals surface area contributed by atoms with Crippen LogP contribution in [0.3, 0.4) is 0 Å². The zero-order valence-electron chi connectivity index (χ0n) is 11.7. The summed E-state index contributed by atoms with van der Waals surface area (Å²) in [5.41, 5.74) is 2.50. The topological polar surface area (TPSA) is 42.7 Å². The molecule has 1 unspecified atom stereocenters. The van der Waals surface area contributed by atoms with E-state index in [1.165, 1.54) is 5.56 Å². The van der Waals surface area contributed by atoms with E-state index in [0.29, 0.717) is 6.04 Å². The van der Waals surface area contributed by atoms with Crippen LogP contribution >= 0.6 is 0 Å². The van der Waals surface area contributed by atoms with Crippen LogP contribution in [-0.4, -0.2) is 27.4 Å². The van der Waals surface area contributed by atoms with Gasteiger partial charge in [-0.2, -0.15) is 5.10 Å². The summed E-state index contributed by atoms with van der Waals surface area (Å²) >= 11 is 0. The van der Waals surface area contributed by atoms with E-state index >= 15 is 0 Å². The number of likely N-dealkylation sites (N-methyl/N-ethyl adjacent to an activating group) is 1. The molecule has 0 amide bonds. The molecule has 4 nitrogen and oxygen atoms in total. The molecule has 2 heterocycles. The predicted molar refractivity (Wildman–Crippen MR) is 76.9 cm³/mol. The van der Waals surface area contributed by atoms with Gasteiger partial charge >= 0.3 is 0 Å². The summed E-state index contributed by atoms with van der Waals surface area (Å²) < 4.78 is 1.86. The van der Waals surface area contributed by atoms with E-state index in [0.717, 1.165) is 31.5 Å². The average Bonchev–Trinajstić information content (AvgIpc) is 2.83. The monoisotopic (exact) mass is 258 g/mol. The molecule has 2 rings (SSSR count). The Kier molecular flexibility index (Phi) is 5.10. The molecule has 102 valence electrons. The molecule has 0 aliphatic carbocycles. The lowest BCUT2D eigenvalue weighted by atomic mass is 10.0. The molecule has 0 aliphatic heterocycles. The zero-order valence-corrected chi connectivity index (χ0v) is 11.7. The third-order valence-corrected chi connectivity index (χ3v) is 3.25. The molecule has 1 atom stereocenters. The van der Waals surface area contributed by atoms with Gasteiger partial charge in [0, 0.05) is 38.1 Å². The molecule has 0 spiro atoms. The van der Waals surface area contributed by atoms with E-state index in [1.54, 1.807) is 0 Å². The number of aromatic nitrogens is 3. The number of hydrogen-bond acceptors (Lipinski definition) is 3. The maximum atomic E-state index is 4.45. The Bertz CT molecular complexity index is 478. The first-order chi connectivity index (χ1) is 9.28. The van der Waals surface area contributed by atoms with Gasteiger partial charge in [-0.05, 0) is 43.1 Å². The minimum Gasteiger partial charge on any atom is -0.314 e. The minimum atomic E-state index is 0.480. The molecule has 2 aromatic heterocycles. The number of pyridine rings is 1. The van der Waals surface area contributed by atoms with E-state index < -0.39 is 0 Å². The van der Waals surface area contributed by atoms with Gasteiger partial charge in [-0.1, -0.05) is 6.92 Å². The second kappa shape index (κ2) is 7.04. The maximum absolute atomic E-state index is 4.45. The van der Waals surface area contributed by atoms with Crippen molar-refractivity contribution in [3.05, 3.63) is 48.0 Å². The lowest BCUT2D eigenvalue weighted by Crippen LogP contribution is -2.31. The minimum absolute atomic E-state index is 0.480. The second-order valence-electron chi connectivity index (χ2n) is 4.83. The van der Waals surface area contributed by atoms with Crippen molar-refractivity contribution in [1.82, 2.24) is 20.1 Å². The summed E-state index contributed by atoms with van der Waals surface area (Å²) in [5, 5.41) is 8.00. The molecule has 0 fully saturated rings. The third kappa shape index (κ3) is 4.48. The van der Waals surface area contributed by atoms with Gasteiger partial charge in [0.1, 0.15) is 0 Å². The number of hydrogen-bond donors (Lipinski definition) is 1. The molecule has 1 N–H and O–H groups in total. The Balaban J connectivity index is 1.89. The number of nitrogens with one attached hydrogen (secondary N) is 1. The van der Waals surface area contributed by atoms with Crippen LogP contribution in [0.1, 0.15) is 24.6 Å². The lowest BCUT2D eigenvalue weighted by Gasteiger charge is -2.16. The maximum Gasteiger partial charge on any atom is 0.0640 e. The molecule has 0 bridgehead atoms. The van der Waals surface area contributed by atoms with Crippen LogP contribution in [0.5, 0.6) is 0 Å². The largest absolute Gasteiger partial charge is 0.314 e. The number of nitrogens with zero attached hydrogens (tertiary/aromatic N) is 3. The van der Waals surface area contributed by atoms with Gasteiger partial charge in [-0.3, -0.25) is 9.67 Å². The van der Waals surface area contributed by atoms with Crippen LogP contribution in [0.25, 0.3) is 0 Å². The summed E-state index contributed by atoms with van der Waals surface area (Å²) in [7, 11) is 1.96. The van der Waals surface area contributed by atoms with E-state index in [1.807, 2.05) is 30.3 Å².